The molecule has 0 aromatic rings. The fourth-order valence-corrected chi connectivity index (χ4v) is 1.84. The third-order valence-electron chi connectivity index (χ3n) is 2.70. The van der Waals surface area contributed by atoms with E-state index in [1.54, 1.807) is 0 Å². The number of hydrogen-bond donors (Lipinski definition) is 0. The van der Waals surface area contributed by atoms with Crippen LogP contribution in [0, 0.1) is 5.92 Å². The Bertz CT molecular complexity index is 227. The predicted molar refractivity (Wildman–Crippen MR) is 45.3 cm³/mol. The Morgan fingerprint density at radius 1 is 1.73 bits per heavy atom. The minimum absolute atomic E-state index is 0.436. The smallest absolute Gasteiger partial charge is 0.106 e. The summed E-state index contributed by atoms with van der Waals surface area (Å²) in [6, 6.07) is 0. The zero-order valence-electron chi connectivity index (χ0n) is 7.13. The van der Waals surface area contributed by atoms with Gasteiger partial charge in [0.25, 0.3) is 0 Å². The van der Waals surface area contributed by atoms with Crippen molar-refractivity contribution < 1.29 is 4.74 Å². The topological polar surface area (TPSA) is 12.5 Å². The molecule has 0 aromatic heterocycles. The van der Waals surface area contributed by atoms with Crippen LogP contribution < -0.4 is 0 Å². The quantitative estimate of drug-likeness (QED) is 0.412. The van der Waals surface area contributed by atoms with Crippen LogP contribution in [0.25, 0.3) is 0 Å². The number of hydrogen-bond acceptors (Lipinski definition) is 1. The highest BCUT2D eigenvalue weighted by Gasteiger charge is 2.47. The average Bonchev–Trinajstić information content (AvgIpc) is 2.66. The number of rotatable bonds is 1. The molecule has 0 saturated carbocycles. The standard InChI is InChI=1S/C10H14O/c1-6(2)8-5-4-7(3)9-10(8)11-9/h4,8-10H,1,5H2,2-3H3/t8-,9?,10?/m0/s1. The van der Waals surface area contributed by atoms with Gasteiger partial charge < -0.3 is 4.74 Å². The Hall–Kier alpha value is -0.560. The second-order valence-corrected chi connectivity index (χ2v) is 3.66. The van der Waals surface area contributed by atoms with E-state index in [4.69, 9.17) is 4.74 Å². The van der Waals surface area contributed by atoms with Crippen molar-refractivity contribution in [3.63, 3.8) is 0 Å². The van der Waals surface area contributed by atoms with E-state index >= 15 is 0 Å². The van der Waals surface area contributed by atoms with Crippen LogP contribution >= 0.6 is 0 Å². The Morgan fingerprint density at radius 3 is 3.09 bits per heavy atom. The molecule has 2 rings (SSSR count). The summed E-state index contributed by atoms with van der Waals surface area (Å²) < 4.78 is 5.53. The van der Waals surface area contributed by atoms with E-state index in [1.807, 2.05) is 0 Å². The summed E-state index contributed by atoms with van der Waals surface area (Å²) in [5.41, 5.74) is 2.67. The predicted octanol–water partition coefficient (Wildman–Crippen LogP) is 2.30. The first kappa shape index (κ1) is 7.11. The molecule has 2 aliphatic rings. The highest BCUT2D eigenvalue weighted by atomic mass is 16.6. The first-order chi connectivity index (χ1) is 5.20. The lowest BCUT2D eigenvalue weighted by atomic mass is 9.86. The summed E-state index contributed by atoms with van der Waals surface area (Å²) in [5, 5.41) is 0. The SMILES string of the molecule is C=C(C)[C@@H]1CC=C(C)C2OC21. The number of allylic oxidation sites excluding steroid dienone is 1. The maximum Gasteiger partial charge on any atom is 0.106 e. The van der Waals surface area contributed by atoms with Crippen molar-refractivity contribution in [1.29, 1.82) is 0 Å². The van der Waals surface area contributed by atoms with Gasteiger partial charge in [-0.25, -0.2) is 0 Å². The van der Waals surface area contributed by atoms with Gasteiger partial charge in [-0.05, 0) is 25.8 Å². The first-order valence-corrected chi connectivity index (χ1v) is 4.17. The fraction of sp³-hybridized carbons (Fsp3) is 0.600. The van der Waals surface area contributed by atoms with Gasteiger partial charge in [-0.2, -0.15) is 0 Å². The van der Waals surface area contributed by atoms with E-state index in [-0.39, 0.29) is 0 Å². The number of fused-ring (bicyclic) bond motifs is 1. The summed E-state index contributed by atoms with van der Waals surface area (Å²) in [7, 11) is 0. The Kier molecular flexibility index (Phi) is 1.43. The average molecular weight is 150 g/mol. The number of epoxide rings is 1. The lowest BCUT2D eigenvalue weighted by molar-refractivity contribution is 0.347. The molecule has 0 bridgehead atoms. The molecule has 1 nitrogen and oxygen atoms in total. The van der Waals surface area contributed by atoms with Gasteiger partial charge >= 0.3 is 0 Å². The van der Waals surface area contributed by atoms with Crippen molar-refractivity contribution in [1.82, 2.24) is 0 Å². The van der Waals surface area contributed by atoms with Crippen LogP contribution in [-0.4, -0.2) is 12.2 Å². The van der Waals surface area contributed by atoms with Crippen molar-refractivity contribution in [3.8, 4) is 0 Å². The molecule has 1 heteroatoms. The molecule has 0 aromatic carbocycles. The van der Waals surface area contributed by atoms with Crippen molar-refractivity contribution in [2.24, 2.45) is 5.92 Å². The molecule has 1 fully saturated rings. The molecule has 0 radical (unpaired) electrons. The van der Waals surface area contributed by atoms with Gasteiger partial charge in [-0.15, -0.1) is 0 Å². The molecular weight excluding hydrogens is 136 g/mol. The minimum Gasteiger partial charge on any atom is -0.364 e. The molecule has 0 spiro atoms. The largest absolute Gasteiger partial charge is 0.364 e. The van der Waals surface area contributed by atoms with E-state index < -0.39 is 0 Å². The van der Waals surface area contributed by atoms with Crippen molar-refractivity contribution in [3.05, 3.63) is 23.8 Å². The van der Waals surface area contributed by atoms with Crippen LogP contribution in [0.15, 0.2) is 23.8 Å². The van der Waals surface area contributed by atoms with Gasteiger partial charge in [0.05, 0.1) is 6.10 Å². The van der Waals surface area contributed by atoms with Crippen LogP contribution in [0.5, 0.6) is 0 Å². The fourth-order valence-electron chi connectivity index (χ4n) is 1.84. The van der Waals surface area contributed by atoms with Crippen LogP contribution in [0.4, 0.5) is 0 Å². The van der Waals surface area contributed by atoms with E-state index in [0.717, 1.165) is 6.42 Å². The molecule has 60 valence electrons. The van der Waals surface area contributed by atoms with Crippen LogP contribution in [0.1, 0.15) is 20.3 Å². The highest BCUT2D eigenvalue weighted by molar-refractivity contribution is 5.25. The second-order valence-electron chi connectivity index (χ2n) is 3.66. The van der Waals surface area contributed by atoms with Gasteiger partial charge in [-0.3, -0.25) is 0 Å². The van der Waals surface area contributed by atoms with Crippen molar-refractivity contribution in [2.45, 2.75) is 32.5 Å². The lowest BCUT2D eigenvalue weighted by Crippen LogP contribution is -2.15. The molecule has 1 aliphatic heterocycles. The Labute approximate surface area is 67.7 Å². The molecule has 1 heterocycles. The third-order valence-corrected chi connectivity index (χ3v) is 2.70. The van der Waals surface area contributed by atoms with Gasteiger partial charge in [0.15, 0.2) is 0 Å². The molecular formula is C10H14O. The highest BCUT2D eigenvalue weighted by Crippen LogP contribution is 2.43. The van der Waals surface area contributed by atoms with E-state index in [1.165, 1.54) is 11.1 Å². The molecule has 1 saturated heterocycles. The third kappa shape index (κ3) is 1.04. The first-order valence-electron chi connectivity index (χ1n) is 4.17. The monoisotopic (exact) mass is 150 g/mol. The zero-order chi connectivity index (χ0) is 8.01. The molecule has 2 unspecified atom stereocenters. The van der Waals surface area contributed by atoms with Gasteiger partial charge in [0.2, 0.25) is 0 Å². The zero-order valence-corrected chi connectivity index (χ0v) is 7.13. The summed E-state index contributed by atoms with van der Waals surface area (Å²) in [6.07, 6.45) is 4.32. The maximum absolute atomic E-state index is 5.53. The van der Waals surface area contributed by atoms with Crippen LogP contribution in [0.3, 0.4) is 0 Å². The Morgan fingerprint density at radius 2 is 2.45 bits per heavy atom. The van der Waals surface area contributed by atoms with Crippen molar-refractivity contribution in [2.75, 3.05) is 0 Å². The summed E-state index contributed by atoms with van der Waals surface area (Å²) in [5.74, 6) is 0.587. The van der Waals surface area contributed by atoms with E-state index in [2.05, 4.69) is 26.5 Å². The minimum atomic E-state index is 0.436. The summed E-state index contributed by atoms with van der Waals surface area (Å²) in [4.78, 5) is 0. The molecule has 11 heavy (non-hydrogen) atoms. The summed E-state index contributed by atoms with van der Waals surface area (Å²) >= 11 is 0. The van der Waals surface area contributed by atoms with Crippen LogP contribution in [-0.2, 0) is 4.74 Å². The van der Waals surface area contributed by atoms with E-state index in [9.17, 15) is 0 Å². The van der Waals surface area contributed by atoms with Gasteiger partial charge in [0, 0.05) is 5.92 Å². The molecule has 1 aliphatic carbocycles. The van der Waals surface area contributed by atoms with Crippen molar-refractivity contribution >= 4 is 0 Å². The number of ether oxygens (including phenoxy) is 1. The van der Waals surface area contributed by atoms with Gasteiger partial charge in [-0.1, -0.05) is 18.2 Å². The normalized spacial score (nSPS) is 40.9. The summed E-state index contributed by atoms with van der Waals surface area (Å²) in [6.45, 7) is 8.22. The maximum atomic E-state index is 5.53. The second kappa shape index (κ2) is 2.21. The van der Waals surface area contributed by atoms with E-state index in [0.29, 0.717) is 18.1 Å². The van der Waals surface area contributed by atoms with Crippen LogP contribution in [0.2, 0.25) is 0 Å². The molecule has 0 amide bonds. The van der Waals surface area contributed by atoms with Gasteiger partial charge in [0.1, 0.15) is 6.10 Å². The molecule has 0 N–H and O–H groups in total. The lowest BCUT2D eigenvalue weighted by Gasteiger charge is -2.16. The Balaban J connectivity index is 2.15. The molecule has 3 atom stereocenters.